The summed E-state index contributed by atoms with van der Waals surface area (Å²) in [5.74, 6) is 0.711. The van der Waals surface area contributed by atoms with Gasteiger partial charge in [-0.2, -0.15) is 0 Å². The molecule has 0 aliphatic heterocycles. The van der Waals surface area contributed by atoms with E-state index >= 15 is 0 Å². The molecule has 0 atom stereocenters. The van der Waals surface area contributed by atoms with Gasteiger partial charge >= 0.3 is 0 Å². The zero-order valence-corrected chi connectivity index (χ0v) is 12.5. The highest BCUT2D eigenvalue weighted by Gasteiger charge is 2.18. The Morgan fingerprint density at radius 1 is 1.00 bits per heavy atom. The number of benzene rings is 1. The summed E-state index contributed by atoms with van der Waals surface area (Å²) < 4.78 is 0. The second-order valence-corrected chi connectivity index (χ2v) is 5.83. The SMILES string of the molecule is Cc1ccc2cc(-c3nc(Cl)c4c(n3)CCC4)ccc2n1. The van der Waals surface area contributed by atoms with Crippen LogP contribution in [0.15, 0.2) is 30.3 Å². The van der Waals surface area contributed by atoms with Crippen LogP contribution in [0.2, 0.25) is 5.15 Å². The number of halogens is 1. The number of hydrogen-bond donors (Lipinski definition) is 0. The fourth-order valence-corrected chi connectivity index (χ4v) is 3.17. The maximum Gasteiger partial charge on any atom is 0.161 e. The van der Waals surface area contributed by atoms with Crippen LogP contribution in [-0.4, -0.2) is 15.0 Å². The Labute approximate surface area is 128 Å². The molecule has 3 aromatic rings. The lowest BCUT2D eigenvalue weighted by atomic mass is 10.1. The van der Waals surface area contributed by atoms with Crippen molar-refractivity contribution in [2.45, 2.75) is 26.2 Å². The van der Waals surface area contributed by atoms with Gasteiger partial charge < -0.3 is 0 Å². The predicted molar refractivity (Wildman–Crippen MR) is 84.5 cm³/mol. The van der Waals surface area contributed by atoms with Crippen LogP contribution in [0.5, 0.6) is 0 Å². The molecule has 1 aliphatic carbocycles. The number of nitrogens with zero attached hydrogens (tertiary/aromatic N) is 3. The molecule has 1 aliphatic rings. The molecule has 2 heterocycles. The highest BCUT2D eigenvalue weighted by molar-refractivity contribution is 6.30. The quantitative estimate of drug-likeness (QED) is 0.633. The number of aryl methyl sites for hydroxylation is 2. The molecule has 1 aromatic carbocycles. The van der Waals surface area contributed by atoms with E-state index in [1.165, 1.54) is 0 Å². The molecule has 0 radical (unpaired) electrons. The van der Waals surface area contributed by atoms with Gasteiger partial charge in [-0.25, -0.2) is 9.97 Å². The van der Waals surface area contributed by atoms with Gasteiger partial charge in [0, 0.05) is 27.9 Å². The smallest absolute Gasteiger partial charge is 0.161 e. The third-order valence-electron chi connectivity index (χ3n) is 3.97. The maximum atomic E-state index is 6.30. The van der Waals surface area contributed by atoms with E-state index in [1.54, 1.807) is 0 Å². The van der Waals surface area contributed by atoms with Gasteiger partial charge in [0.1, 0.15) is 5.15 Å². The van der Waals surface area contributed by atoms with Crippen LogP contribution in [0.25, 0.3) is 22.3 Å². The lowest BCUT2D eigenvalue weighted by Crippen LogP contribution is -1.97. The van der Waals surface area contributed by atoms with Crippen molar-refractivity contribution in [2.24, 2.45) is 0 Å². The average molecular weight is 296 g/mol. The molecular formula is C17H14ClN3. The van der Waals surface area contributed by atoms with Gasteiger partial charge in [-0.15, -0.1) is 0 Å². The minimum absolute atomic E-state index is 0.606. The average Bonchev–Trinajstić information content (AvgIpc) is 2.95. The van der Waals surface area contributed by atoms with E-state index < -0.39 is 0 Å². The van der Waals surface area contributed by atoms with Crippen molar-refractivity contribution in [3.8, 4) is 11.4 Å². The largest absolute Gasteiger partial charge is 0.253 e. The minimum atomic E-state index is 0.606. The molecule has 4 heteroatoms. The molecule has 0 N–H and O–H groups in total. The highest BCUT2D eigenvalue weighted by Crippen LogP contribution is 2.29. The number of rotatable bonds is 1. The lowest BCUT2D eigenvalue weighted by Gasteiger charge is -2.07. The zero-order chi connectivity index (χ0) is 14.4. The van der Waals surface area contributed by atoms with Gasteiger partial charge in [0.25, 0.3) is 0 Å². The molecule has 2 aromatic heterocycles. The summed E-state index contributed by atoms with van der Waals surface area (Å²) in [6.07, 6.45) is 3.11. The van der Waals surface area contributed by atoms with E-state index in [1.807, 2.05) is 25.1 Å². The minimum Gasteiger partial charge on any atom is -0.253 e. The summed E-state index contributed by atoms with van der Waals surface area (Å²) in [7, 11) is 0. The Kier molecular flexibility index (Phi) is 2.89. The fourth-order valence-electron chi connectivity index (χ4n) is 2.88. The summed E-state index contributed by atoms with van der Waals surface area (Å²) in [5.41, 5.74) is 5.23. The number of pyridine rings is 1. The van der Waals surface area contributed by atoms with Gasteiger partial charge in [0.2, 0.25) is 0 Å². The number of hydrogen-bond acceptors (Lipinski definition) is 3. The van der Waals surface area contributed by atoms with Crippen molar-refractivity contribution in [1.82, 2.24) is 15.0 Å². The summed E-state index contributed by atoms with van der Waals surface area (Å²) in [6, 6.07) is 10.2. The van der Waals surface area contributed by atoms with E-state index in [-0.39, 0.29) is 0 Å². The second kappa shape index (κ2) is 4.78. The standard InChI is InChI=1S/C17H14ClN3/c1-10-5-6-11-9-12(7-8-14(11)19-10)17-20-15-4-2-3-13(15)16(18)21-17/h5-9H,2-4H2,1H3. The normalized spacial score (nSPS) is 13.6. The van der Waals surface area contributed by atoms with Crippen LogP contribution in [0.4, 0.5) is 0 Å². The zero-order valence-electron chi connectivity index (χ0n) is 11.7. The van der Waals surface area contributed by atoms with E-state index in [0.29, 0.717) is 11.0 Å². The summed E-state index contributed by atoms with van der Waals surface area (Å²) in [4.78, 5) is 13.7. The first kappa shape index (κ1) is 12.7. The van der Waals surface area contributed by atoms with E-state index in [0.717, 1.165) is 52.7 Å². The summed E-state index contributed by atoms with van der Waals surface area (Å²) in [5, 5.41) is 1.70. The monoisotopic (exact) mass is 295 g/mol. The van der Waals surface area contributed by atoms with Crippen molar-refractivity contribution in [3.63, 3.8) is 0 Å². The first-order chi connectivity index (χ1) is 10.2. The first-order valence-corrected chi connectivity index (χ1v) is 7.51. The molecule has 0 saturated heterocycles. The third-order valence-corrected chi connectivity index (χ3v) is 4.28. The van der Waals surface area contributed by atoms with Gasteiger partial charge in [0.15, 0.2) is 5.82 Å². The van der Waals surface area contributed by atoms with Crippen LogP contribution in [-0.2, 0) is 12.8 Å². The van der Waals surface area contributed by atoms with Crippen molar-refractivity contribution in [3.05, 3.63) is 52.4 Å². The Hall–Kier alpha value is -2.00. The van der Waals surface area contributed by atoms with E-state index in [2.05, 4.69) is 22.1 Å². The topological polar surface area (TPSA) is 38.7 Å². The third kappa shape index (κ3) is 2.18. The van der Waals surface area contributed by atoms with Gasteiger partial charge in [-0.05, 0) is 50.5 Å². The molecular weight excluding hydrogens is 282 g/mol. The molecule has 4 rings (SSSR count). The second-order valence-electron chi connectivity index (χ2n) is 5.48. The fraction of sp³-hybridized carbons (Fsp3) is 0.235. The first-order valence-electron chi connectivity index (χ1n) is 7.14. The molecule has 0 fully saturated rings. The lowest BCUT2D eigenvalue weighted by molar-refractivity contribution is 0.900. The molecule has 0 amide bonds. The molecule has 0 bridgehead atoms. The van der Waals surface area contributed by atoms with Crippen LogP contribution in [0.3, 0.4) is 0 Å². The van der Waals surface area contributed by atoms with Crippen molar-refractivity contribution >= 4 is 22.5 Å². The van der Waals surface area contributed by atoms with Gasteiger partial charge in [-0.3, -0.25) is 4.98 Å². The van der Waals surface area contributed by atoms with Crippen molar-refractivity contribution in [2.75, 3.05) is 0 Å². The van der Waals surface area contributed by atoms with Crippen LogP contribution >= 0.6 is 11.6 Å². The molecule has 104 valence electrons. The van der Waals surface area contributed by atoms with Gasteiger partial charge in [-0.1, -0.05) is 17.7 Å². The Morgan fingerprint density at radius 3 is 2.81 bits per heavy atom. The highest BCUT2D eigenvalue weighted by atomic mass is 35.5. The Morgan fingerprint density at radius 2 is 1.90 bits per heavy atom. The maximum absolute atomic E-state index is 6.30. The van der Waals surface area contributed by atoms with Crippen LogP contribution in [0.1, 0.15) is 23.4 Å². The predicted octanol–water partition coefficient (Wildman–Crippen LogP) is 4.14. The molecule has 21 heavy (non-hydrogen) atoms. The van der Waals surface area contributed by atoms with Crippen LogP contribution < -0.4 is 0 Å². The van der Waals surface area contributed by atoms with Crippen molar-refractivity contribution < 1.29 is 0 Å². The van der Waals surface area contributed by atoms with E-state index in [4.69, 9.17) is 16.6 Å². The molecule has 3 nitrogen and oxygen atoms in total. The number of aromatic nitrogens is 3. The summed E-state index contributed by atoms with van der Waals surface area (Å²) in [6.45, 7) is 2.00. The van der Waals surface area contributed by atoms with Crippen molar-refractivity contribution in [1.29, 1.82) is 0 Å². The summed E-state index contributed by atoms with van der Waals surface area (Å²) >= 11 is 6.30. The Balaban J connectivity index is 1.86. The van der Waals surface area contributed by atoms with Crippen LogP contribution in [0, 0.1) is 6.92 Å². The Bertz CT molecular complexity index is 858. The number of fused-ring (bicyclic) bond motifs is 2. The van der Waals surface area contributed by atoms with Gasteiger partial charge in [0.05, 0.1) is 5.52 Å². The molecule has 0 unspecified atom stereocenters. The molecule has 0 saturated carbocycles. The molecule has 0 spiro atoms. The van der Waals surface area contributed by atoms with E-state index in [9.17, 15) is 0 Å².